The molecular weight excluding hydrogens is 107 g/mol. The van der Waals surface area contributed by atoms with E-state index in [-0.39, 0.29) is 0 Å². The van der Waals surface area contributed by atoms with Crippen molar-refractivity contribution in [3.63, 3.8) is 0 Å². The van der Waals surface area contributed by atoms with Crippen LogP contribution < -0.4 is 0 Å². The van der Waals surface area contributed by atoms with Gasteiger partial charge in [-0.2, -0.15) is 0 Å². The fraction of sp³-hybridized carbons (Fsp3) is 1.00. The lowest BCUT2D eigenvalue weighted by atomic mass is 12.0. The quantitative estimate of drug-likeness (QED) is 0.358. The Morgan fingerprint density at radius 3 is 2.00 bits per heavy atom. The first-order valence-electron chi connectivity index (χ1n) is 1.03. The molecule has 0 aromatic rings. The first-order chi connectivity index (χ1) is 2.00. The highest BCUT2D eigenvalue weighted by atomic mass is 32.7. The molecule has 0 fully saturated rings. The van der Waals surface area contributed by atoms with Gasteiger partial charge in [0.1, 0.15) is 0 Å². The van der Waals surface area contributed by atoms with Crippen LogP contribution in [0.3, 0.4) is 0 Å². The molecule has 0 aliphatic carbocycles. The monoisotopic (exact) mass is 112 g/mol. The fourth-order valence-corrected chi connectivity index (χ4v) is 0. The first kappa shape index (κ1) is 5.54. The largest absolute Gasteiger partial charge is 0.337 e. The molecule has 1 N–H and O–H groups in total. The second-order valence-electron chi connectivity index (χ2n) is 0.835. The molecule has 0 heterocycles. The molecular formula is CH5O2PS. The van der Waals surface area contributed by atoms with Gasteiger partial charge in [0.15, 0.2) is 0 Å². The molecule has 0 unspecified atom stereocenters. The SMILES string of the molecule is C[P@](=O)(O)S. The van der Waals surface area contributed by atoms with Gasteiger partial charge in [-0.05, 0) is 0 Å². The fourth-order valence-electron chi connectivity index (χ4n) is 0. The van der Waals surface area contributed by atoms with E-state index >= 15 is 0 Å². The van der Waals surface area contributed by atoms with Crippen LogP contribution in [0.2, 0.25) is 0 Å². The Hall–Kier alpha value is 0.540. The highest BCUT2D eigenvalue weighted by molar-refractivity contribution is 8.45. The number of hydrogen-bond donors (Lipinski definition) is 2. The predicted molar refractivity (Wildman–Crippen MR) is 24.7 cm³/mol. The molecule has 0 aromatic heterocycles. The third-order valence-electron chi connectivity index (χ3n) is 0. The molecule has 2 nitrogen and oxygen atoms in total. The lowest BCUT2D eigenvalue weighted by molar-refractivity contribution is 0.504. The molecule has 0 aliphatic heterocycles. The average molecular weight is 112 g/mol. The van der Waals surface area contributed by atoms with E-state index in [1.54, 1.807) is 0 Å². The van der Waals surface area contributed by atoms with E-state index in [2.05, 4.69) is 12.2 Å². The summed E-state index contributed by atoms with van der Waals surface area (Å²) in [6, 6.07) is 0. The number of thiol groups is 1. The lowest BCUT2D eigenvalue weighted by Gasteiger charge is -1.84. The van der Waals surface area contributed by atoms with Crippen LogP contribution in [0.4, 0.5) is 0 Å². The summed E-state index contributed by atoms with van der Waals surface area (Å²) in [6.45, 7) is -1.78. The summed E-state index contributed by atoms with van der Waals surface area (Å²) < 4.78 is 9.64. The normalized spacial score (nSPS) is 21.4. The van der Waals surface area contributed by atoms with Gasteiger partial charge < -0.3 is 4.89 Å². The van der Waals surface area contributed by atoms with Crippen molar-refractivity contribution in [3.8, 4) is 0 Å². The van der Waals surface area contributed by atoms with Crippen LogP contribution in [0.25, 0.3) is 0 Å². The molecule has 0 saturated heterocycles. The van der Waals surface area contributed by atoms with Gasteiger partial charge in [0.25, 0.3) is 0 Å². The minimum absolute atomic E-state index is 1.16. The molecule has 5 heavy (non-hydrogen) atoms. The molecule has 0 spiro atoms. The lowest BCUT2D eigenvalue weighted by Crippen LogP contribution is -1.52. The van der Waals surface area contributed by atoms with Gasteiger partial charge in [-0.1, -0.05) is 12.2 Å². The summed E-state index contributed by atoms with van der Waals surface area (Å²) in [4.78, 5) is 7.94. The van der Waals surface area contributed by atoms with Gasteiger partial charge in [0, 0.05) is 6.66 Å². The van der Waals surface area contributed by atoms with Crippen LogP contribution in [-0.4, -0.2) is 11.6 Å². The molecule has 32 valence electrons. The molecule has 0 radical (unpaired) electrons. The zero-order valence-corrected chi connectivity index (χ0v) is 4.54. The molecule has 0 amide bonds. The van der Waals surface area contributed by atoms with Gasteiger partial charge in [-0.25, -0.2) is 0 Å². The summed E-state index contributed by atoms with van der Waals surface area (Å²) in [6.07, 6.45) is 0. The van der Waals surface area contributed by atoms with E-state index in [9.17, 15) is 4.57 Å². The van der Waals surface area contributed by atoms with E-state index in [0.717, 1.165) is 6.66 Å². The second-order valence-corrected chi connectivity index (χ2v) is 4.73. The van der Waals surface area contributed by atoms with Crippen LogP contribution in [0, 0.1) is 0 Å². The van der Waals surface area contributed by atoms with Crippen molar-refractivity contribution in [3.05, 3.63) is 0 Å². The van der Waals surface area contributed by atoms with E-state index in [1.165, 1.54) is 0 Å². The zero-order valence-electron chi connectivity index (χ0n) is 2.75. The van der Waals surface area contributed by atoms with Crippen molar-refractivity contribution in [2.75, 3.05) is 6.66 Å². The van der Waals surface area contributed by atoms with Crippen molar-refractivity contribution in [1.82, 2.24) is 0 Å². The van der Waals surface area contributed by atoms with Gasteiger partial charge >= 0.3 is 0 Å². The van der Waals surface area contributed by atoms with Crippen molar-refractivity contribution in [1.29, 1.82) is 0 Å². The van der Waals surface area contributed by atoms with E-state index in [0.29, 0.717) is 0 Å². The van der Waals surface area contributed by atoms with Gasteiger partial charge in [-0.15, -0.1) is 0 Å². The van der Waals surface area contributed by atoms with Gasteiger partial charge in [-0.3, -0.25) is 4.57 Å². The van der Waals surface area contributed by atoms with Gasteiger partial charge in [0.2, 0.25) is 6.57 Å². The van der Waals surface area contributed by atoms with Crippen molar-refractivity contribution in [2.45, 2.75) is 0 Å². The Morgan fingerprint density at radius 1 is 2.00 bits per heavy atom. The Kier molecular flexibility index (Phi) is 1.47. The molecule has 0 bridgehead atoms. The van der Waals surface area contributed by atoms with Crippen molar-refractivity contribution >= 4 is 18.8 Å². The van der Waals surface area contributed by atoms with E-state index in [4.69, 9.17) is 4.89 Å². The molecule has 0 aliphatic rings. The van der Waals surface area contributed by atoms with Crippen LogP contribution in [0.5, 0.6) is 0 Å². The Bertz CT molecular complexity index is 55.8. The standard InChI is InChI=1S/CH5O2PS/c1-4(2,3)5/h1H3,(H2,2,3,5). The predicted octanol–water partition coefficient (Wildman–Crippen LogP) is 0.731. The molecule has 0 rings (SSSR count). The van der Waals surface area contributed by atoms with Crippen LogP contribution in [-0.2, 0) is 4.57 Å². The maximum absolute atomic E-state index is 9.64. The Labute approximate surface area is 35.8 Å². The van der Waals surface area contributed by atoms with Gasteiger partial charge in [0.05, 0.1) is 0 Å². The highest BCUT2D eigenvalue weighted by Crippen LogP contribution is 2.39. The first-order valence-corrected chi connectivity index (χ1v) is 4.29. The Morgan fingerprint density at radius 2 is 2.00 bits per heavy atom. The summed E-state index contributed by atoms with van der Waals surface area (Å²) in [5, 5.41) is 0. The van der Waals surface area contributed by atoms with E-state index in [1.807, 2.05) is 0 Å². The molecule has 1 atom stereocenters. The van der Waals surface area contributed by atoms with Crippen molar-refractivity contribution < 1.29 is 9.46 Å². The number of rotatable bonds is 0. The third kappa shape index (κ3) is 100. The summed E-state index contributed by atoms with van der Waals surface area (Å²) >= 11 is 3.23. The summed E-state index contributed by atoms with van der Waals surface area (Å²) in [5.74, 6) is 0. The minimum Gasteiger partial charge on any atom is -0.337 e. The molecule has 0 aromatic carbocycles. The van der Waals surface area contributed by atoms with Crippen LogP contribution >= 0.6 is 18.8 Å². The topological polar surface area (TPSA) is 37.3 Å². The van der Waals surface area contributed by atoms with Crippen molar-refractivity contribution in [2.24, 2.45) is 0 Å². The second kappa shape index (κ2) is 1.33. The van der Waals surface area contributed by atoms with E-state index < -0.39 is 6.57 Å². The van der Waals surface area contributed by atoms with Crippen LogP contribution in [0.15, 0.2) is 0 Å². The Balaban J connectivity index is 3.47. The molecule has 4 heteroatoms. The molecule has 0 saturated carbocycles. The zero-order chi connectivity index (χ0) is 4.50. The number of hydrogen-bond acceptors (Lipinski definition) is 1. The summed E-state index contributed by atoms with van der Waals surface area (Å²) in [7, 11) is 0. The minimum atomic E-state index is -2.94. The average Bonchev–Trinajstić information content (AvgIpc) is 0.722. The smallest absolute Gasteiger partial charge is 0.249 e. The maximum Gasteiger partial charge on any atom is 0.249 e. The maximum atomic E-state index is 9.64. The highest BCUT2D eigenvalue weighted by Gasteiger charge is 1.93. The third-order valence-corrected chi connectivity index (χ3v) is 0. The summed E-state index contributed by atoms with van der Waals surface area (Å²) in [5.41, 5.74) is 0. The van der Waals surface area contributed by atoms with Crippen LogP contribution in [0.1, 0.15) is 0 Å².